The summed E-state index contributed by atoms with van der Waals surface area (Å²) in [4.78, 5) is 25.2. The van der Waals surface area contributed by atoms with Crippen molar-refractivity contribution >= 4 is 11.9 Å². The van der Waals surface area contributed by atoms with E-state index in [0.29, 0.717) is 19.4 Å². The molecule has 0 aliphatic heterocycles. The minimum absolute atomic E-state index is 0.0106. The number of hydrogen-bond acceptors (Lipinski definition) is 4. The summed E-state index contributed by atoms with van der Waals surface area (Å²) in [5.41, 5.74) is 5.24. The van der Waals surface area contributed by atoms with Crippen molar-refractivity contribution in [1.82, 2.24) is 4.90 Å². The summed E-state index contributed by atoms with van der Waals surface area (Å²) < 4.78 is 4.86. The molecule has 5 heteroatoms. The van der Waals surface area contributed by atoms with Crippen molar-refractivity contribution in [3.8, 4) is 0 Å². The van der Waals surface area contributed by atoms with Gasteiger partial charge in [-0.1, -0.05) is 0 Å². The van der Waals surface area contributed by atoms with Gasteiger partial charge in [0.15, 0.2) is 0 Å². The average molecular weight is 242 g/mol. The lowest BCUT2D eigenvalue weighted by Crippen LogP contribution is -2.61. The van der Waals surface area contributed by atoms with Gasteiger partial charge in [-0.2, -0.15) is 0 Å². The summed E-state index contributed by atoms with van der Waals surface area (Å²) in [6, 6.07) is -0.0482. The molecule has 1 rings (SSSR count). The van der Waals surface area contributed by atoms with Crippen LogP contribution in [0.4, 0.5) is 0 Å². The van der Waals surface area contributed by atoms with E-state index in [1.165, 1.54) is 4.90 Å². The Morgan fingerprint density at radius 1 is 1.41 bits per heavy atom. The van der Waals surface area contributed by atoms with Crippen molar-refractivity contribution in [2.45, 2.75) is 51.6 Å². The standard InChI is InChI=1S/C12H22N2O3/c1-4-17-10(15)8-14(9(2)3)11(16)12(13)6-5-7-12/h9H,4-8,13H2,1-3H3. The van der Waals surface area contributed by atoms with E-state index in [9.17, 15) is 9.59 Å². The second-order valence-corrected chi connectivity index (χ2v) is 4.84. The Balaban J connectivity index is 2.65. The first kappa shape index (κ1) is 14.0. The zero-order chi connectivity index (χ0) is 13.1. The maximum Gasteiger partial charge on any atom is 0.325 e. The zero-order valence-electron chi connectivity index (χ0n) is 10.9. The predicted octanol–water partition coefficient (Wildman–Crippen LogP) is 0.668. The van der Waals surface area contributed by atoms with Crippen LogP contribution < -0.4 is 5.73 Å². The molecule has 1 aliphatic carbocycles. The first-order valence-electron chi connectivity index (χ1n) is 6.16. The topological polar surface area (TPSA) is 72.6 Å². The zero-order valence-corrected chi connectivity index (χ0v) is 10.9. The van der Waals surface area contributed by atoms with Crippen LogP contribution in [0.15, 0.2) is 0 Å². The molecule has 98 valence electrons. The van der Waals surface area contributed by atoms with Crippen molar-refractivity contribution in [3.63, 3.8) is 0 Å². The van der Waals surface area contributed by atoms with Gasteiger partial charge in [0.25, 0.3) is 0 Å². The first-order chi connectivity index (χ1) is 7.90. The van der Waals surface area contributed by atoms with Crippen molar-refractivity contribution in [2.75, 3.05) is 13.2 Å². The average Bonchev–Trinajstić information content (AvgIpc) is 2.21. The lowest BCUT2D eigenvalue weighted by Gasteiger charge is -2.41. The van der Waals surface area contributed by atoms with Crippen LogP contribution in [0.2, 0.25) is 0 Å². The first-order valence-corrected chi connectivity index (χ1v) is 6.16. The summed E-state index contributed by atoms with van der Waals surface area (Å²) in [7, 11) is 0. The van der Waals surface area contributed by atoms with Gasteiger partial charge in [-0.05, 0) is 40.0 Å². The highest BCUT2D eigenvalue weighted by molar-refractivity contribution is 5.90. The molecule has 0 heterocycles. The lowest BCUT2D eigenvalue weighted by atomic mass is 9.76. The number of nitrogens with zero attached hydrogens (tertiary/aromatic N) is 1. The number of ether oxygens (including phenoxy) is 1. The van der Waals surface area contributed by atoms with Crippen LogP contribution in [0.1, 0.15) is 40.0 Å². The molecule has 0 aromatic carbocycles. The van der Waals surface area contributed by atoms with Crippen LogP contribution in [0.25, 0.3) is 0 Å². The Morgan fingerprint density at radius 2 is 2.00 bits per heavy atom. The van der Waals surface area contributed by atoms with Gasteiger partial charge in [0.1, 0.15) is 6.54 Å². The van der Waals surface area contributed by atoms with Gasteiger partial charge in [0.2, 0.25) is 5.91 Å². The maximum absolute atomic E-state index is 12.2. The molecule has 0 spiro atoms. The lowest BCUT2D eigenvalue weighted by molar-refractivity contribution is -0.153. The Hall–Kier alpha value is -1.10. The molecule has 0 unspecified atom stereocenters. The second kappa shape index (κ2) is 5.49. The van der Waals surface area contributed by atoms with Crippen LogP contribution in [0.5, 0.6) is 0 Å². The van der Waals surface area contributed by atoms with Crippen molar-refractivity contribution in [3.05, 3.63) is 0 Å². The summed E-state index contributed by atoms with van der Waals surface area (Å²) >= 11 is 0. The molecule has 0 atom stereocenters. The highest BCUT2D eigenvalue weighted by atomic mass is 16.5. The van der Waals surface area contributed by atoms with Crippen molar-refractivity contribution in [1.29, 1.82) is 0 Å². The molecule has 1 fully saturated rings. The third-order valence-corrected chi connectivity index (χ3v) is 3.16. The van der Waals surface area contributed by atoms with E-state index >= 15 is 0 Å². The number of hydrogen-bond donors (Lipinski definition) is 1. The van der Waals surface area contributed by atoms with Gasteiger partial charge in [0.05, 0.1) is 12.1 Å². The van der Waals surface area contributed by atoms with E-state index in [2.05, 4.69) is 0 Å². The van der Waals surface area contributed by atoms with Crippen molar-refractivity contribution in [2.24, 2.45) is 5.73 Å². The van der Waals surface area contributed by atoms with E-state index in [-0.39, 0.29) is 24.5 Å². The molecule has 1 saturated carbocycles. The number of carbonyl (C=O) groups is 2. The Kier molecular flexibility index (Phi) is 4.51. The van der Waals surface area contributed by atoms with Gasteiger partial charge in [-0.15, -0.1) is 0 Å². The monoisotopic (exact) mass is 242 g/mol. The predicted molar refractivity (Wildman–Crippen MR) is 64.3 cm³/mol. The molecule has 0 aromatic heterocycles. The van der Waals surface area contributed by atoms with Crippen LogP contribution >= 0.6 is 0 Å². The van der Waals surface area contributed by atoms with E-state index in [1.54, 1.807) is 6.92 Å². The molecule has 0 saturated heterocycles. The van der Waals surface area contributed by atoms with E-state index in [0.717, 1.165) is 6.42 Å². The van der Waals surface area contributed by atoms with Gasteiger partial charge < -0.3 is 15.4 Å². The number of carbonyl (C=O) groups excluding carboxylic acids is 2. The molecular weight excluding hydrogens is 220 g/mol. The molecule has 17 heavy (non-hydrogen) atoms. The van der Waals surface area contributed by atoms with E-state index in [1.807, 2.05) is 13.8 Å². The summed E-state index contributed by atoms with van der Waals surface area (Å²) in [5, 5.41) is 0. The van der Waals surface area contributed by atoms with Gasteiger partial charge in [-0.3, -0.25) is 9.59 Å². The highest BCUT2D eigenvalue weighted by Crippen LogP contribution is 2.31. The summed E-state index contributed by atoms with van der Waals surface area (Å²) in [5.74, 6) is -0.510. The number of amides is 1. The fraction of sp³-hybridized carbons (Fsp3) is 0.833. The molecule has 1 aliphatic rings. The summed E-state index contributed by atoms with van der Waals surface area (Å²) in [6.07, 6.45) is 2.39. The van der Waals surface area contributed by atoms with E-state index in [4.69, 9.17) is 10.5 Å². The molecule has 5 nitrogen and oxygen atoms in total. The number of nitrogens with two attached hydrogens (primary N) is 1. The minimum atomic E-state index is -0.753. The fourth-order valence-electron chi connectivity index (χ4n) is 1.89. The third-order valence-electron chi connectivity index (χ3n) is 3.16. The van der Waals surface area contributed by atoms with E-state index < -0.39 is 5.54 Å². The molecule has 2 N–H and O–H groups in total. The number of rotatable bonds is 5. The number of esters is 1. The summed E-state index contributed by atoms with van der Waals surface area (Å²) in [6.45, 7) is 5.81. The Labute approximate surface area is 102 Å². The molecular formula is C12H22N2O3. The SMILES string of the molecule is CCOC(=O)CN(C(=O)C1(N)CCC1)C(C)C. The Bertz CT molecular complexity index is 298. The minimum Gasteiger partial charge on any atom is -0.465 e. The smallest absolute Gasteiger partial charge is 0.325 e. The molecule has 0 aromatic rings. The van der Waals surface area contributed by atoms with Crippen LogP contribution in [-0.4, -0.2) is 41.5 Å². The molecule has 0 bridgehead atoms. The second-order valence-electron chi connectivity index (χ2n) is 4.84. The van der Waals surface area contributed by atoms with Gasteiger partial charge in [0, 0.05) is 6.04 Å². The Morgan fingerprint density at radius 3 is 2.35 bits per heavy atom. The maximum atomic E-state index is 12.2. The highest BCUT2D eigenvalue weighted by Gasteiger charge is 2.43. The normalized spacial score (nSPS) is 17.5. The molecule has 1 amide bonds. The largest absolute Gasteiger partial charge is 0.465 e. The van der Waals surface area contributed by atoms with Gasteiger partial charge >= 0.3 is 5.97 Å². The molecule has 0 radical (unpaired) electrons. The fourth-order valence-corrected chi connectivity index (χ4v) is 1.89. The van der Waals surface area contributed by atoms with Crippen molar-refractivity contribution < 1.29 is 14.3 Å². The van der Waals surface area contributed by atoms with Crippen LogP contribution in [-0.2, 0) is 14.3 Å². The van der Waals surface area contributed by atoms with Crippen LogP contribution in [0.3, 0.4) is 0 Å². The quantitative estimate of drug-likeness (QED) is 0.719. The van der Waals surface area contributed by atoms with Crippen LogP contribution in [0, 0.1) is 0 Å². The van der Waals surface area contributed by atoms with Gasteiger partial charge in [-0.25, -0.2) is 0 Å². The third kappa shape index (κ3) is 3.19.